The number of rotatable bonds is 2. The topological polar surface area (TPSA) is 43.1 Å². The van der Waals surface area contributed by atoms with Gasteiger partial charge >= 0.3 is 0 Å². The molecule has 2 rings (SSSR count). The van der Waals surface area contributed by atoms with E-state index >= 15 is 0 Å². The molecule has 0 fully saturated rings. The Kier molecular flexibility index (Phi) is 2.96. The van der Waals surface area contributed by atoms with Crippen molar-refractivity contribution in [3.8, 4) is 11.1 Å². The SMILES string of the molecule is Cc1ccc(-c2ccc(C(N)=O)cc2)cc1C. The Morgan fingerprint density at radius 1 is 0.882 bits per heavy atom. The number of carbonyl (C=O) groups excluding carboxylic acids is 1. The van der Waals surface area contributed by atoms with Crippen molar-refractivity contribution in [1.29, 1.82) is 0 Å². The molecule has 0 radical (unpaired) electrons. The molecule has 17 heavy (non-hydrogen) atoms. The first-order chi connectivity index (χ1) is 8.08. The average molecular weight is 225 g/mol. The fourth-order valence-corrected chi connectivity index (χ4v) is 1.75. The van der Waals surface area contributed by atoms with Crippen LogP contribution in [0.1, 0.15) is 21.5 Å². The molecular formula is C15H15NO. The van der Waals surface area contributed by atoms with Gasteiger partial charge in [-0.15, -0.1) is 0 Å². The third-order valence-electron chi connectivity index (χ3n) is 3.01. The molecule has 0 bridgehead atoms. The van der Waals surface area contributed by atoms with Gasteiger partial charge in [-0.1, -0.05) is 30.3 Å². The molecule has 2 aromatic rings. The second-order valence-corrected chi connectivity index (χ2v) is 4.24. The van der Waals surface area contributed by atoms with Gasteiger partial charge in [-0.25, -0.2) is 0 Å². The Bertz CT molecular complexity index is 556. The Morgan fingerprint density at radius 3 is 2.00 bits per heavy atom. The molecule has 0 saturated carbocycles. The van der Waals surface area contributed by atoms with Gasteiger partial charge < -0.3 is 5.73 Å². The first kappa shape index (κ1) is 11.4. The molecular weight excluding hydrogens is 210 g/mol. The minimum absolute atomic E-state index is 0.392. The van der Waals surface area contributed by atoms with Crippen molar-refractivity contribution in [2.24, 2.45) is 5.73 Å². The third kappa shape index (κ3) is 2.36. The molecule has 0 atom stereocenters. The minimum atomic E-state index is -0.392. The van der Waals surface area contributed by atoms with Gasteiger partial charge in [0.25, 0.3) is 0 Å². The predicted octanol–water partition coefficient (Wildman–Crippen LogP) is 3.07. The van der Waals surface area contributed by atoms with Crippen LogP contribution in [0.3, 0.4) is 0 Å². The van der Waals surface area contributed by atoms with Gasteiger partial charge in [0.15, 0.2) is 0 Å². The van der Waals surface area contributed by atoms with E-state index < -0.39 is 5.91 Å². The molecule has 0 aromatic heterocycles. The summed E-state index contributed by atoms with van der Waals surface area (Å²) in [7, 11) is 0. The lowest BCUT2D eigenvalue weighted by atomic mass is 9.99. The van der Waals surface area contributed by atoms with Crippen LogP contribution in [0.15, 0.2) is 42.5 Å². The number of benzene rings is 2. The van der Waals surface area contributed by atoms with Crippen LogP contribution in [0.5, 0.6) is 0 Å². The van der Waals surface area contributed by atoms with Gasteiger partial charge in [-0.3, -0.25) is 4.79 Å². The molecule has 2 aromatic carbocycles. The quantitative estimate of drug-likeness (QED) is 0.838. The lowest BCUT2D eigenvalue weighted by Gasteiger charge is -2.06. The number of hydrogen-bond donors (Lipinski definition) is 1. The highest BCUT2D eigenvalue weighted by atomic mass is 16.1. The monoisotopic (exact) mass is 225 g/mol. The zero-order valence-corrected chi connectivity index (χ0v) is 10.0. The molecule has 0 saturated heterocycles. The van der Waals surface area contributed by atoms with E-state index in [0.717, 1.165) is 11.1 Å². The summed E-state index contributed by atoms with van der Waals surface area (Å²) >= 11 is 0. The summed E-state index contributed by atoms with van der Waals surface area (Å²) in [5.74, 6) is -0.392. The maximum atomic E-state index is 11.0. The molecule has 1 amide bonds. The van der Waals surface area contributed by atoms with E-state index in [1.54, 1.807) is 12.1 Å². The summed E-state index contributed by atoms with van der Waals surface area (Å²) in [6, 6.07) is 13.7. The van der Waals surface area contributed by atoms with Crippen molar-refractivity contribution >= 4 is 5.91 Å². The van der Waals surface area contributed by atoms with E-state index in [4.69, 9.17) is 5.73 Å². The first-order valence-electron chi connectivity index (χ1n) is 5.55. The highest BCUT2D eigenvalue weighted by Gasteiger charge is 2.02. The van der Waals surface area contributed by atoms with Crippen LogP contribution < -0.4 is 5.73 Å². The smallest absolute Gasteiger partial charge is 0.248 e. The largest absolute Gasteiger partial charge is 0.366 e. The molecule has 0 spiro atoms. The van der Waals surface area contributed by atoms with Crippen molar-refractivity contribution in [2.75, 3.05) is 0 Å². The number of amides is 1. The Balaban J connectivity index is 2.39. The van der Waals surface area contributed by atoms with E-state index in [-0.39, 0.29) is 0 Å². The fourth-order valence-electron chi connectivity index (χ4n) is 1.75. The zero-order valence-electron chi connectivity index (χ0n) is 10.0. The molecule has 0 heterocycles. The molecule has 2 heteroatoms. The van der Waals surface area contributed by atoms with E-state index in [1.165, 1.54) is 11.1 Å². The van der Waals surface area contributed by atoms with Crippen LogP contribution >= 0.6 is 0 Å². The van der Waals surface area contributed by atoms with Gasteiger partial charge in [0, 0.05) is 5.56 Å². The van der Waals surface area contributed by atoms with Crippen LogP contribution in [0.25, 0.3) is 11.1 Å². The Hall–Kier alpha value is -2.09. The third-order valence-corrected chi connectivity index (χ3v) is 3.01. The van der Waals surface area contributed by atoms with Crippen LogP contribution in [-0.4, -0.2) is 5.91 Å². The number of hydrogen-bond acceptors (Lipinski definition) is 1. The van der Waals surface area contributed by atoms with E-state index in [0.29, 0.717) is 5.56 Å². The van der Waals surface area contributed by atoms with Crippen LogP contribution in [-0.2, 0) is 0 Å². The van der Waals surface area contributed by atoms with E-state index in [2.05, 4.69) is 32.0 Å². The van der Waals surface area contributed by atoms with E-state index in [9.17, 15) is 4.79 Å². The molecule has 0 aliphatic rings. The molecule has 2 N–H and O–H groups in total. The van der Waals surface area contributed by atoms with Crippen molar-refractivity contribution < 1.29 is 4.79 Å². The van der Waals surface area contributed by atoms with Crippen molar-refractivity contribution in [1.82, 2.24) is 0 Å². The zero-order chi connectivity index (χ0) is 12.4. The fraction of sp³-hybridized carbons (Fsp3) is 0.133. The van der Waals surface area contributed by atoms with E-state index in [1.807, 2.05) is 12.1 Å². The first-order valence-corrected chi connectivity index (χ1v) is 5.55. The second kappa shape index (κ2) is 4.42. The summed E-state index contributed by atoms with van der Waals surface area (Å²) in [6.07, 6.45) is 0. The lowest BCUT2D eigenvalue weighted by Crippen LogP contribution is -2.10. The number of aryl methyl sites for hydroxylation is 2. The van der Waals surface area contributed by atoms with Gasteiger partial charge in [-0.05, 0) is 48.2 Å². The summed E-state index contributed by atoms with van der Waals surface area (Å²) in [4.78, 5) is 11.0. The number of nitrogens with two attached hydrogens (primary N) is 1. The van der Waals surface area contributed by atoms with Crippen molar-refractivity contribution in [2.45, 2.75) is 13.8 Å². The van der Waals surface area contributed by atoms with Gasteiger partial charge in [0.2, 0.25) is 5.91 Å². The molecule has 86 valence electrons. The van der Waals surface area contributed by atoms with Gasteiger partial charge in [0.1, 0.15) is 0 Å². The summed E-state index contributed by atoms with van der Waals surface area (Å²) < 4.78 is 0. The van der Waals surface area contributed by atoms with Crippen LogP contribution in [0.2, 0.25) is 0 Å². The number of primary amides is 1. The maximum absolute atomic E-state index is 11.0. The lowest BCUT2D eigenvalue weighted by molar-refractivity contribution is 0.100. The highest BCUT2D eigenvalue weighted by Crippen LogP contribution is 2.22. The highest BCUT2D eigenvalue weighted by molar-refractivity contribution is 5.93. The Labute approximate surface area is 101 Å². The number of carbonyl (C=O) groups is 1. The van der Waals surface area contributed by atoms with Crippen LogP contribution in [0, 0.1) is 13.8 Å². The molecule has 0 unspecified atom stereocenters. The molecule has 0 aliphatic heterocycles. The van der Waals surface area contributed by atoms with Crippen molar-refractivity contribution in [3.05, 3.63) is 59.2 Å². The molecule has 0 aliphatic carbocycles. The Morgan fingerprint density at radius 2 is 1.47 bits per heavy atom. The average Bonchev–Trinajstić information content (AvgIpc) is 2.33. The second-order valence-electron chi connectivity index (χ2n) is 4.24. The summed E-state index contributed by atoms with van der Waals surface area (Å²) in [5, 5.41) is 0. The minimum Gasteiger partial charge on any atom is -0.366 e. The molecule has 2 nitrogen and oxygen atoms in total. The van der Waals surface area contributed by atoms with Gasteiger partial charge in [-0.2, -0.15) is 0 Å². The van der Waals surface area contributed by atoms with Crippen molar-refractivity contribution in [3.63, 3.8) is 0 Å². The normalized spacial score (nSPS) is 10.2. The maximum Gasteiger partial charge on any atom is 0.248 e. The summed E-state index contributed by atoms with van der Waals surface area (Å²) in [5.41, 5.74) is 10.5. The predicted molar refractivity (Wildman–Crippen MR) is 69.9 cm³/mol. The van der Waals surface area contributed by atoms with Crippen LogP contribution in [0.4, 0.5) is 0 Å². The summed E-state index contributed by atoms with van der Waals surface area (Å²) in [6.45, 7) is 4.19. The standard InChI is InChI=1S/C15H15NO/c1-10-3-4-14(9-11(10)2)12-5-7-13(8-6-12)15(16)17/h3-9H,1-2H3,(H2,16,17). The van der Waals surface area contributed by atoms with Gasteiger partial charge in [0.05, 0.1) is 0 Å².